The maximum Gasteiger partial charge on any atom is 1.00 e. The average molecular weight is 183 g/mol. The van der Waals surface area contributed by atoms with E-state index in [1.807, 2.05) is 6.07 Å². The Balaban J connectivity index is 0.000000980. The van der Waals surface area contributed by atoms with E-state index in [2.05, 4.69) is 5.16 Å². The van der Waals surface area contributed by atoms with Crippen LogP contribution in [0, 0.1) is 0 Å². The van der Waals surface area contributed by atoms with Gasteiger partial charge in [-0.15, -0.1) is 0 Å². The van der Waals surface area contributed by atoms with E-state index >= 15 is 0 Å². The van der Waals surface area contributed by atoms with Crippen LogP contribution >= 0.6 is 0 Å². The van der Waals surface area contributed by atoms with E-state index in [-0.39, 0.29) is 25.3 Å². The molecule has 0 saturated carbocycles. The van der Waals surface area contributed by atoms with Gasteiger partial charge in [-0.1, -0.05) is 17.3 Å². The van der Waals surface area contributed by atoms with Crippen molar-refractivity contribution in [2.75, 3.05) is 0 Å². The molecule has 1 aromatic heterocycles. The predicted octanol–water partition coefficient (Wildman–Crippen LogP) is -2.88. The summed E-state index contributed by atoms with van der Waals surface area (Å²) in [5, 5.41) is 14.7. The van der Waals surface area contributed by atoms with Gasteiger partial charge in [0.15, 0.2) is 0 Å². The minimum Gasteiger partial charge on any atom is -0.550 e. The Hall–Kier alpha value is -1.24. The predicted molar refractivity (Wildman–Crippen MR) is 42.7 cm³/mol. The van der Waals surface area contributed by atoms with E-state index < -0.39 is 5.97 Å². The van der Waals surface area contributed by atoms with Crippen molar-refractivity contribution in [2.24, 2.45) is 0 Å². The van der Waals surface area contributed by atoms with Crippen LogP contribution in [0.5, 0.6) is 0 Å². The van der Waals surface area contributed by atoms with E-state index in [0.29, 0.717) is 11.3 Å². The smallest absolute Gasteiger partial charge is 0.550 e. The Labute approximate surface area is 92.1 Å². The number of carboxylic acids is 1. The van der Waals surface area contributed by atoms with Crippen molar-refractivity contribution in [2.45, 2.75) is 6.42 Å². The van der Waals surface area contributed by atoms with Crippen LogP contribution in [0.1, 0.15) is 5.76 Å². The van der Waals surface area contributed by atoms with E-state index in [1.165, 1.54) is 0 Å². The number of hydrogen-bond acceptors (Lipinski definition) is 4. The summed E-state index contributed by atoms with van der Waals surface area (Å²) in [6, 6.07) is 7.15. The summed E-state index contributed by atoms with van der Waals surface area (Å²) < 4.78 is 4.86. The number of nitrogens with zero attached hydrogens (tertiary/aromatic N) is 1. The molecule has 1 heterocycles. The van der Waals surface area contributed by atoms with Crippen LogP contribution in [0.3, 0.4) is 0 Å². The van der Waals surface area contributed by atoms with Gasteiger partial charge in [0.25, 0.3) is 0 Å². The molecule has 0 atom stereocenters. The molecule has 0 fully saturated rings. The molecule has 14 heavy (non-hydrogen) atoms. The average Bonchev–Trinajstić information content (AvgIpc) is 2.48. The first-order chi connectivity index (χ1) is 6.27. The van der Waals surface area contributed by atoms with Crippen LogP contribution in [-0.2, 0) is 11.2 Å². The molecule has 4 nitrogen and oxygen atoms in total. The zero-order chi connectivity index (χ0) is 9.26. The Morgan fingerprint density at radius 2 is 2.14 bits per heavy atom. The summed E-state index contributed by atoms with van der Waals surface area (Å²) in [7, 11) is 0. The van der Waals surface area contributed by atoms with Gasteiger partial charge >= 0.3 is 18.9 Å². The first-order valence-electron chi connectivity index (χ1n) is 3.80. The molecule has 66 valence electrons. The quantitative estimate of drug-likeness (QED) is 0.469. The maximum atomic E-state index is 10.3. The number of rotatable bonds is 2. The van der Waals surface area contributed by atoms with Crippen molar-refractivity contribution in [3.63, 3.8) is 0 Å². The number of aliphatic carboxylic acids is 1. The molecule has 0 radical (unpaired) electrons. The second kappa shape index (κ2) is 4.31. The van der Waals surface area contributed by atoms with Crippen LogP contribution in [0.2, 0.25) is 0 Å². The van der Waals surface area contributed by atoms with Crippen LogP contribution in [-0.4, -0.2) is 11.1 Å². The molecule has 5 heteroatoms. The first kappa shape index (κ1) is 10.8. The standard InChI is InChI=1S/C9H7NO3.Li/c11-9(12)5-8-6-3-1-2-4-7(6)10-13-8;/h1-4H,5H2,(H,11,12);/q;+1/p-1. The SMILES string of the molecule is O=C([O-])Cc1onc2ccccc12.[Li+]. The van der Waals surface area contributed by atoms with Gasteiger partial charge < -0.3 is 14.4 Å². The number of carbonyl (C=O) groups excluding carboxylic acids is 1. The van der Waals surface area contributed by atoms with Crippen molar-refractivity contribution in [1.82, 2.24) is 5.16 Å². The summed E-state index contributed by atoms with van der Waals surface area (Å²) in [6.45, 7) is 0. The molecule has 2 aromatic rings. The van der Waals surface area contributed by atoms with E-state index in [1.54, 1.807) is 18.2 Å². The fourth-order valence-electron chi connectivity index (χ4n) is 1.20. The van der Waals surface area contributed by atoms with Crippen molar-refractivity contribution >= 4 is 16.9 Å². The van der Waals surface area contributed by atoms with Gasteiger partial charge in [-0.05, 0) is 12.1 Å². The Bertz CT molecular complexity index is 452. The normalized spacial score (nSPS) is 9.71. The molecule has 0 saturated heterocycles. The van der Waals surface area contributed by atoms with Crippen molar-refractivity contribution in [3.8, 4) is 0 Å². The molecule has 2 rings (SSSR count). The number of hydrogen-bond donors (Lipinski definition) is 0. The summed E-state index contributed by atoms with van der Waals surface area (Å²) >= 11 is 0. The molecular weight excluding hydrogens is 177 g/mol. The van der Waals surface area contributed by atoms with Gasteiger partial charge in [0, 0.05) is 17.8 Å². The molecule has 0 aliphatic carbocycles. The van der Waals surface area contributed by atoms with Crippen LogP contribution in [0.4, 0.5) is 0 Å². The van der Waals surface area contributed by atoms with Gasteiger partial charge in [0.2, 0.25) is 0 Å². The Kier molecular flexibility index (Phi) is 3.34. The molecule has 0 N–H and O–H groups in total. The minimum atomic E-state index is -1.16. The van der Waals surface area contributed by atoms with Crippen LogP contribution in [0.15, 0.2) is 28.8 Å². The van der Waals surface area contributed by atoms with Crippen molar-refractivity contribution < 1.29 is 33.3 Å². The van der Waals surface area contributed by atoms with E-state index in [4.69, 9.17) is 4.52 Å². The monoisotopic (exact) mass is 183 g/mol. The molecular formula is C9H6LiNO3. The minimum absolute atomic E-state index is 0. The molecule has 0 spiro atoms. The third kappa shape index (κ3) is 1.98. The topological polar surface area (TPSA) is 66.2 Å². The van der Waals surface area contributed by atoms with Crippen molar-refractivity contribution in [1.29, 1.82) is 0 Å². The summed E-state index contributed by atoms with van der Waals surface area (Å²) in [4.78, 5) is 10.3. The van der Waals surface area contributed by atoms with E-state index in [0.717, 1.165) is 5.39 Å². The third-order valence-corrected chi connectivity index (χ3v) is 1.76. The summed E-state index contributed by atoms with van der Waals surface area (Å²) in [5.41, 5.74) is 0.666. The van der Waals surface area contributed by atoms with Crippen molar-refractivity contribution in [3.05, 3.63) is 30.0 Å². The number of aromatic nitrogens is 1. The zero-order valence-electron chi connectivity index (χ0n) is 7.69. The second-order valence-corrected chi connectivity index (χ2v) is 2.67. The van der Waals surface area contributed by atoms with Crippen LogP contribution < -0.4 is 24.0 Å². The largest absolute Gasteiger partial charge is 1.00 e. The van der Waals surface area contributed by atoms with Gasteiger partial charge in [0.05, 0.1) is 0 Å². The third-order valence-electron chi connectivity index (χ3n) is 1.76. The summed E-state index contributed by atoms with van der Waals surface area (Å²) in [5.74, 6) is -0.822. The number of fused-ring (bicyclic) bond motifs is 1. The van der Waals surface area contributed by atoms with Gasteiger partial charge in [-0.25, -0.2) is 0 Å². The Morgan fingerprint density at radius 3 is 2.86 bits per heavy atom. The molecule has 1 aromatic carbocycles. The van der Waals surface area contributed by atoms with E-state index in [9.17, 15) is 9.90 Å². The molecule has 0 aliphatic rings. The number of carboxylic acid groups (broad SMARTS) is 1. The maximum absolute atomic E-state index is 10.3. The molecule has 0 unspecified atom stereocenters. The van der Waals surface area contributed by atoms with Gasteiger partial charge in [0.1, 0.15) is 11.3 Å². The number of benzene rings is 1. The fraction of sp³-hybridized carbons (Fsp3) is 0.111. The fourth-order valence-corrected chi connectivity index (χ4v) is 1.20. The van der Waals surface area contributed by atoms with Crippen LogP contribution in [0.25, 0.3) is 10.9 Å². The molecule has 0 bridgehead atoms. The molecule has 0 amide bonds. The number of carbonyl (C=O) groups is 1. The Morgan fingerprint density at radius 1 is 1.43 bits per heavy atom. The van der Waals surface area contributed by atoms with Gasteiger partial charge in [-0.3, -0.25) is 0 Å². The first-order valence-corrected chi connectivity index (χ1v) is 3.80. The zero-order valence-corrected chi connectivity index (χ0v) is 7.69. The second-order valence-electron chi connectivity index (χ2n) is 2.67. The van der Waals surface area contributed by atoms with Gasteiger partial charge in [-0.2, -0.15) is 0 Å². The summed E-state index contributed by atoms with van der Waals surface area (Å²) in [6.07, 6.45) is -0.236. The molecule has 0 aliphatic heterocycles.